The second-order valence-electron chi connectivity index (χ2n) is 7.21. The highest BCUT2D eigenvalue weighted by atomic mass is 35.5. The molecule has 1 amide bonds. The van der Waals surface area contributed by atoms with Crippen molar-refractivity contribution in [1.82, 2.24) is 14.9 Å². The number of pyridine rings is 2. The lowest BCUT2D eigenvalue weighted by atomic mass is 10.2. The van der Waals surface area contributed by atoms with Crippen LogP contribution in [0.1, 0.15) is 5.56 Å². The van der Waals surface area contributed by atoms with Gasteiger partial charge in [-0.2, -0.15) is 13.2 Å². The standard InChI is InChI=1S/C21H19ClF3N5O/c22-16-11-14(21(23,24)25)12-27-20(16)30-9-7-29(8-10-30)13-19(31)28-18-5-1-4-17-15(18)3-2-6-26-17/h1-6,11-12H,7-10,13H2,(H,28,31). The van der Waals surface area contributed by atoms with Crippen molar-refractivity contribution in [3.05, 3.63) is 59.4 Å². The molecule has 31 heavy (non-hydrogen) atoms. The Morgan fingerprint density at radius 2 is 1.87 bits per heavy atom. The quantitative estimate of drug-likeness (QED) is 0.651. The van der Waals surface area contributed by atoms with E-state index in [4.69, 9.17) is 11.6 Å². The number of carbonyl (C=O) groups excluding carboxylic acids is 1. The zero-order valence-corrected chi connectivity index (χ0v) is 17.1. The van der Waals surface area contributed by atoms with Crippen LogP contribution in [0.2, 0.25) is 5.02 Å². The van der Waals surface area contributed by atoms with Gasteiger partial charge in [0.1, 0.15) is 5.82 Å². The third-order valence-corrected chi connectivity index (χ3v) is 5.39. The van der Waals surface area contributed by atoms with E-state index in [9.17, 15) is 18.0 Å². The maximum Gasteiger partial charge on any atom is 0.417 e. The van der Waals surface area contributed by atoms with Crippen molar-refractivity contribution in [3.8, 4) is 0 Å². The first-order chi connectivity index (χ1) is 14.8. The van der Waals surface area contributed by atoms with E-state index in [1.165, 1.54) is 0 Å². The molecule has 1 saturated heterocycles. The summed E-state index contributed by atoms with van der Waals surface area (Å²) in [5.41, 5.74) is 0.630. The minimum Gasteiger partial charge on any atom is -0.353 e. The number of rotatable bonds is 4. The minimum absolute atomic E-state index is 0.0365. The molecule has 2 aromatic heterocycles. The summed E-state index contributed by atoms with van der Waals surface area (Å²) in [7, 11) is 0. The van der Waals surface area contributed by atoms with Crippen LogP contribution in [0.3, 0.4) is 0 Å². The second-order valence-corrected chi connectivity index (χ2v) is 7.62. The highest BCUT2D eigenvalue weighted by Gasteiger charge is 2.32. The Morgan fingerprint density at radius 3 is 2.58 bits per heavy atom. The van der Waals surface area contributed by atoms with Gasteiger partial charge < -0.3 is 10.2 Å². The van der Waals surface area contributed by atoms with Gasteiger partial charge >= 0.3 is 6.18 Å². The highest BCUT2D eigenvalue weighted by molar-refractivity contribution is 6.33. The van der Waals surface area contributed by atoms with Gasteiger partial charge in [0.15, 0.2) is 0 Å². The van der Waals surface area contributed by atoms with Crippen LogP contribution in [0.5, 0.6) is 0 Å². The molecule has 1 aliphatic rings. The van der Waals surface area contributed by atoms with Crippen molar-refractivity contribution in [2.45, 2.75) is 6.18 Å². The molecule has 0 bridgehead atoms. The molecule has 6 nitrogen and oxygen atoms in total. The van der Waals surface area contributed by atoms with Crippen LogP contribution >= 0.6 is 11.6 Å². The number of carbonyl (C=O) groups is 1. The van der Waals surface area contributed by atoms with E-state index >= 15 is 0 Å². The summed E-state index contributed by atoms with van der Waals surface area (Å²) in [5, 5.41) is 3.76. The maximum atomic E-state index is 12.8. The van der Waals surface area contributed by atoms with Crippen molar-refractivity contribution in [2.24, 2.45) is 0 Å². The van der Waals surface area contributed by atoms with Crippen LogP contribution in [0.15, 0.2) is 48.8 Å². The van der Waals surface area contributed by atoms with Gasteiger partial charge in [-0.15, -0.1) is 0 Å². The number of aromatic nitrogens is 2. The number of hydrogen-bond donors (Lipinski definition) is 1. The number of nitrogens with zero attached hydrogens (tertiary/aromatic N) is 4. The molecule has 1 N–H and O–H groups in total. The molecule has 0 aliphatic carbocycles. The molecule has 0 atom stereocenters. The zero-order valence-electron chi connectivity index (χ0n) is 16.4. The number of fused-ring (bicyclic) bond motifs is 1. The Morgan fingerprint density at radius 1 is 1.10 bits per heavy atom. The number of hydrogen-bond acceptors (Lipinski definition) is 5. The Hall–Kier alpha value is -2.91. The van der Waals surface area contributed by atoms with E-state index in [1.54, 1.807) is 6.20 Å². The van der Waals surface area contributed by atoms with Crippen LogP contribution in [0.25, 0.3) is 10.9 Å². The van der Waals surface area contributed by atoms with Gasteiger partial charge in [0.2, 0.25) is 5.91 Å². The fourth-order valence-electron chi connectivity index (χ4n) is 3.54. The molecule has 4 rings (SSSR count). The molecule has 0 radical (unpaired) electrons. The van der Waals surface area contributed by atoms with Gasteiger partial charge in [-0.1, -0.05) is 17.7 Å². The molecule has 3 heterocycles. The van der Waals surface area contributed by atoms with Crippen molar-refractivity contribution in [2.75, 3.05) is 42.9 Å². The topological polar surface area (TPSA) is 61.4 Å². The van der Waals surface area contributed by atoms with Crippen LogP contribution in [-0.2, 0) is 11.0 Å². The maximum absolute atomic E-state index is 12.8. The predicted octanol–water partition coefficient (Wildman–Crippen LogP) is 4.06. The molecule has 0 unspecified atom stereocenters. The lowest BCUT2D eigenvalue weighted by Crippen LogP contribution is -2.49. The van der Waals surface area contributed by atoms with E-state index in [-0.39, 0.29) is 17.5 Å². The monoisotopic (exact) mass is 449 g/mol. The average molecular weight is 450 g/mol. The van der Waals surface area contributed by atoms with Gasteiger partial charge in [0.05, 0.1) is 28.3 Å². The summed E-state index contributed by atoms with van der Waals surface area (Å²) in [6, 6.07) is 10.2. The summed E-state index contributed by atoms with van der Waals surface area (Å²) in [5.74, 6) is 0.178. The molecule has 0 spiro atoms. The molecule has 1 fully saturated rings. The third-order valence-electron chi connectivity index (χ3n) is 5.11. The van der Waals surface area contributed by atoms with Crippen molar-refractivity contribution in [1.29, 1.82) is 0 Å². The molecule has 1 aliphatic heterocycles. The summed E-state index contributed by atoms with van der Waals surface area (Å²) in [4.78, 5) is 24.5. The van der Waals surface area contributed by atoms with E-state index in [0.29, 0.717) is 37.7 Å². The minimum atomic E-state index is -4.48. The number of nitrogens with one attached hydrogen (secondary N) is 1. The Balaban J connectivity index is 1.34. The van der Waals surface area contributed by atoms with Crippen LogP contribution in [0, 0.1) is 0 Å². The summed E-state index contributed by atoms with van der Waals surface area (Å²) in [6.07, 6.45) is -1.99. The van der Waals surface area contributed by atoms with Crippen LogP contribution in [-0.4, -0.2) is 53.5 Å². The molecular weight excluding hydrogens is 431 g/mol. The number of anilines is 2. The Bertz CT molecular complexity index is 1090. The smallest absolute Gasteiger partial charge is 0.353 e. The van der Waals surface area contributed by atoms with Crippen molar-refractivity contribution < 1.29 is 18.0 Å². The van der Waals surface area contributed by atoms with E-state index < -0.39 is 11.7 Å². The SMILES string of the molecule is O=C(CN1CCN(c2ncc(C(F)(F)F)cc2Cl)CC1)Nc1cccc2ncccc12. The second kappa shape index (κ2) is 8.68. The molecular formula is C21H19ClF3N5O. The fourth-order valence-corrected chi connectivity index (χ4v) is 3.83. The molecule has 1 aromatic carbocycles. The molecule has 0 saturated carbocycles. The van der Waals surface area contributed by atoms with E-state index in [0.717, 1.165) is 23.2 Å². The number of amides is 1. The Labute approximate surface area is 181 Å². The number of benzene rings is 1. The molecule has 3 aromatic rings. The third kappa shape index (κ3) is 4.88. The van der Waals surface area contributed by atoms with Gasteiger partial charge in [-0.3, -0.25) is 14.7 Å². The van der Waals surface area contributed by atoms with Crippen LogP contribution < -0.4 is 10.2 Å². The summed E-state index contributed by atoms with van der Waals surface area (Å²) >= 11 is 6.04. The fraction of sp³-hybridized carbons (Fsp3) is 0.286. The van der Waals surface area contributed by atoms with Crippen LogP contribution in [0.4, 0.5) is 24.7 Å². The largest absolute Gasteiger partial charge is 0.417 e. The molecule has 10 heteroatoms. The van der Waals surface area contributed by atoms with Gasteiger partial charge in [0.25, 0.3) is 0 Å². The first kappa shape index (κ1) is 21.3. The van der Waals surface area contributed by atoms with Crippen molar-refractivity contribution >= 4 is 39.9 Å². The zero-order chi connectivity index (χ0) is 22.0. The van der Waals surface area contributed by atoms with Gasteiger partial charge in [-0.05, 0) is 30.3 Å². The van der Waals surface area contributed by atoms with Crippen molar-refractivity contribution in [3.63, 3.8) is 0 Å². The predicted molar refractivity (Wildman–Crippen MR) is 113 cm³/mol. The lowest BCUT2D eigenvalue weighted by molar-refractivity contribution is -0.137. The van der Waals surface area contributed by atoms with E-state index in [2.05, 4.69) is 15.3 Å². The lowest BCUT2D eigenvalue weighted by Gasteiger charge is -2.35. The van der Waals surface area contributed by atoms with Gasteiger partial charge in [0, 0.05) is 44.0 Å². The molecule has 162 valence electrons. The first-order valence-corrected chi connectivity index (χ1v) is 10.0. The summed E-state index contributed by atoms with van der Waals surface area (Å²) in [6.45, 7) is 2.33. The normalized spacial score (nSPS) is 15.3. The summed E-state index contributed by atoms with van der Waals surface area (Å²) < 4.78 is 38.4. The average Bonchev–Trinajstić information content (AvgIpc) is 2.74. The number of piperazine rings is 1. The first-order valence-electron chi connectivity index (χ1n) is 9.65. The highest BCUT2D eigenvalue weighted by Crippen LogP contribution is 2.33. The number of halogens is 4. The number of alkyl halides is 3. The van der Waals surface area contributed by atoms with Gasteiger partial charge in [-0.25, -0.2) is 4.98 Å². The Kier molecular flexibility index (Phi) is 5.97. The van der Waals surface area contributed by atoms with E-state index in [1.807, 2.05) is 40.1 Å².